The Labute approximate surface area is 84.4 Å². The highest BCUT2D eigenvalue weighted by Gasteiger charge is 2.36. The van der Waals surface area contributed by atoms with Gasteiger partial charge in [-0.2, -0.15) is 4.79 Å². The van der Waals surface area contributed by atoms with Gasteiger partial charge in [0.05, 0.1) is 0 Å². The van der Waals surface area contributed by atoms with Gasteiger partial charge in [-0.15, -0.1) is 0 Å². The van der Waals surface area contributed by atoms with Gasteiger partial charge in [-0.3, -0.25) is 4.79 Å². The van der Waals surface area contributed by atoms with Crippen LogP contribution in [0.1, 0.15) is 33.6 Å². The molecule has 76 valence electrons. The third-order valence-electron chi connectivity index (χ3n) is 2.87. The molecule has 0 saturated heterocycles. The van der Waals surface area contributed by atoms with Gasteiger partial charge in [0, 0.05) is 5.92 Å². The lowest BCUT2D eigenvalue weighted by atomic mass is 9.69. The first-order valence-corrected chi connectivity index (χ1v) is 4.87. The molecule has 0 spiro atoms. The zero-order valence-electron chi connectivity index (χ0n) is 8.95. The molecule has 0 N–H and O–H groups in total. The van der Waals surface area contributed by atoms with E-state index >= 15 is 0 Å². The summed E-state index contributed by atoms with van der Waals surface area (Å²) in [5.74, 6) is -0.136. The number of nitrogens with zero attached hydrogens (tertiary/aromatic N) is 2. The maximum Gasteiger partial charge on any atom is 0.323 e. The van der Waals surface area contributed by atoms with Crippen molar-refractivity contribution in [2.24, 2.45) is 11.3 Å². The van der Waals surface area contributed by atoms with Gasteiger partial charge in [0.25, 0.3) is 0 Å². The first-order valence-electron chi connectivity index (χ1n) is 4.87. The van der Waals surface area contributed by atoms with Crippen LogP contribution >= 0.6 is 0 Å². The van der Waals surface area contributed by atoms with Crippen LogP contribution in [-0.2, 0) is 4.79 Å². The number of allylic oxidation sites excluding steroid dienone is 2. The maximum absolute atomic E-state index is 11.6. The summed E-state index contributed by atoms with van der Waals surface area (Å²) < 4.78 is 0. The van der Waals surface area contributed by atoms with Crippen molar-refractivity contribution in [2.75, 3.05) is 0 Å². The second-order valence-corrected chi connectivity index (χ2v) is 4.55. The Hall–Kier alpha value is -1.21. The fourth-order valence-electron chi connectivity index (χ4n) is 2.21. The highest BCUT2D eigenvalue weighted by atomic mass is 16.1. The molecule has 1 rings (SSSR count). The summed E-state index contributed by atoms with van der Waals surface area (Å²) in [6.45, 7) is 6.18. The van der Waals surface area contributed by atoms with E-state index < -0.39 is 0 Å². The second-order valence-electron chi connectivity index (χ2n) is 4.55. The molecule has 0 aliphatic heterocycles. The molecule has 14 heavy (non-hydrogen) atoms. The van der Waals surface area contributed by atoms with Crippen molar-refractivity contribution in [3.8, 4) is 0 Å². The highest BCUT2D eigenvalue weighted by Crippen LogP contribution is 2.38. The zero-order valence-corrected chi connectivity index (χ0v) is 8.95. The van der Waals surface area contributed by atoms with Gasteiger partial charge in [0.2, 0.25) is 5.78 Å². The van der Waals surface area contributed by atoms with E-state index in [4.69, 9.17) is 5.53 Å². The quantitative estimate of drug-likeness (QED) is 0.286. The van der Waals surface area contributed by atoms with E-state index in [2.05, 4.69) is 17.8 Å². The van der Waals surface area contributed by atoms with Gasteiger partial charge < -0.3 is 5.53 Å². The van der Waals surface area contributed by atoms with Gasteiger partial charge in [-0.05, 0) is 25.2 Å². The molecule has 0 aromatic heterocycles. The lowest BCUT2D eigenvalue weighted by Crippen LogP contribution is -2.33. The Balaban J connectivity index is 2.92. The third-order valence-corrected chi connectivity index (χ3v) is 2.87. The van der Waals surface area contributed by atoms with Crippen LogP contribution in [0.4, 0.5) is 0 Å². The average molecular weight is 192 g/mol. The molecule has 1 aliphatic carbocycles. The zero-order chi connectivity index (χ0) is 10.8. The van der Waals surface area contributed by atoms with Crippen molar-refractivity contribution in [1.29, 1.82) is 0 Å². The predicted octanol–water partition coefficient (Wildman–Crippen LogP) is 2.24. The summed E-state index contributed by atoms with van der Waals surface area (Å²) in [6.07, 6.45) is 4.96. The molecule has 3 nitrogen and oxygen atoms in total. The fraction of sp³-hybridized carbons (Fsp3) is 0.636. The van der Waals surface area contributed by atoms with E-state index in [-0.39, 0.29) is 17.1 Å². The summed E-state index contributed by atoms with van der Waals surface area (Å²) in [5, 5.41) is 0. The molecular formula is C11H16N2O. The summed E-state index contributed by atoms with van der Waals surface area (Å²) in [7, 11) is 0. The molecule has 0 radical (unpaired) electrons. The van der Waals surface area contributed by atoms with Crippen LogP contribution in [0.15, 0.2) is 11.6 Å². The van der Waals surface area contributed by atoms with E-state index in [0.29, 0.717) is 0 Å². The van der Waals surface area contributed by atoms with Crippen molar-refractivity contribution < 1.29 is 9.58 Å². The number of ketones is 1. The molecular weight excluding hydrogens is 176 g/mol. The maximum atomic E-state index is 11.6. The molecule has 0 heterocycles. The monoisotopic (exact) mass is 192 g/mol. The van der Waals surface area contributed by atoms with E-state index in [1.165, 1.54) is 5.57 Å². The highest BCUT2D eigenvalue weighted by molar-refractivity contribution is 6.26. The fourth-order valence-corrected chi connectivity index (χ4v) is 2.21. The molecule has 0 bridgehead atoms. The average Bonchev–Trinajstić information content (AvgIpc) is 2.01. The molecule has 0 amide bonds. The Morgan fingerprint density at radius 3 is 2.86 bits per heavy atom. The number of carbonyl (C=O) groups is 1. The Morgan fingerprint density at radius 2 is 2.36 bits per heavy atom. The van der Waals surface area contributed by atoms with Crippen LogP contribution in [0, 0.1) is 11.3 Å². The summed E-state index contributed by atoms with van der Waals surface area (Å²) in [5.41, 5.74) is 9.53. The number of Topliss-reactive ketones (excluding diaryl/α,β-unsaturated/α-hetero) is 1. The standard InChI is InChI=1S/C11H16N2O/c1-8-4-5-9(10(14)7-13-12)11(2,3)6-8/h6-7,9H,4-5H2,1-3H3/t9-/m1/s1. The minimum Gasteiger partial charge on any atom is -0.361 e. The number of rotatable bonds is 2. The van der Waals surface area contributed by atoms with Crippen LogP contribution in [0.25, 0.3) is 5.53 Å². The van der Waals surface area contributed by atoms with E-state index in [1.54, 1.807) is 0 Å². The van der Waals surface area contributed by atoms with Gasteiger partial charge in [-0.25, -0.2) is 0 Å². The summed E-state index contributed by atoms with van der Waals surface area (Å²) >= 11 is 0. The summed E-state index contributed by atoms with van der Waals surface area (Å²) in [4.78, 5) is 14.4. The third kappa shape index (κ3) is 2.18. The molecule has 1 aliphatic rings. The molecule has 0 saturated carbocycles. The Bertz CT molecular complexity index is 322. The van der Waals surface area contributed by atoms with Crippen LogP contribution in [-0.4, -0.2) is 16.8 Å². The van der Waals surface area contributed by atoms with Gasteiger partial charge in [-0.1, -0.05) is 25.5 Å². The van der Waals surface area contributed by atoms with Crippen molar-refractivity contribution in [2.45, 2.75) is 33.6 Å². The lowest BCUT2D eigenvalue weighted by Gasteiger charge is -2.33. The lowest BCUT2D eigenvalue weighted by molar-refractivity contribution is -0.122. The van der Waals surface area contributed by atoms with Crippen LogP contribution in [0.3, 0.4) is 0 Å². The van der Waals surface area contributed by atoms with E-state index in [9.17, 15) is 4.79 Å². The van der Waals surface area contributed by atoms with Crippen LogP contribution in [0.2, 0.25) is 0 Å². The second kappa shape index (κ2) is 3.89. The largest absolute Gasteiger partial charge is 0.361 e. The minimum atomic E-state index is -0.124. The summed E-state index contributed by atoms with van der Waals surface area (Å²) in [6, 6.07) is 0. The smallest absolute Gasteiger partial charge is 0.323 e. The van der Waals surface area contributed by atoms with Crippen molar-refractivity contribution in [3.05, 3.63) is 17.2 Å². The van der Waals surface area contributed by atoms with Crippen molar-refractivity contribution in [1.82, 2.24) is 0 Å². The molecule has 1 atom stereocenters. The van der Waals surface area contributed by atoms with E-state index in [1.807, 2.05) is 13.8 Å². The topological polar surface area (TPSA) is 53.5 Å². The first kappa shape index (κ1) is 10.9. The molecule has 0 aromatic rings. The van der Waals surface area contributed by atoms with Crippen molar-refractivity contribution >= 4 is 12.0 Å². The normalized spacial score (nSPS) is 24.8. The van der Waals surface area contributed by atoms with E-state index in [0.717, 1.165) is 19.1 Å². The molecule has 0 unspecified atom stereocenters. The van der Waals surface area contributed by atoms with Gasteiger partial charge in [0.1, 0.15) is 0 Å². The first-order chi connectivity index (χ1) is 6.47. The minimum absolute atomic E-state index is 0.0536. The SMILES string of the molecule is CC1=CC(C)(C)[C@@H](C(=O)C=[N+]=[N-])CC1. The molecule has 3 heteroatoms. The van der Waals surface area contributed by atoms with Gasteiger partial charge >= 0.3 is 6.21 Å². The number of carbonyl (C=O) groups excluding carboxylic acids is 1. The molecule has 0 fully saturated rings. The van der Waals surface area contributed by atoms with Crippen molar-refractivity contribution in [3.63, 3.8) is 0 Å². The van der Waals surface area contributed by atoms with Crippen LogP contribution in [0.5, 0.6) is 0 Å². The Morgan fingerprint density at radius 1 is 1.71 bits per heavy atom. The molecule has 0 aromatic carbocycles. The predicted molar refractivity (Wildman–Crippen MR) is 55.0 cm³/mol. The number of hydrogen-bond acceptors (Lipinski definition) is 1. The van der Waals surface area contributed by atoms with Crippen LogP contribution < -0.4 is 0 Å². The Kier molecular flexibility index (Phi) is 3.02. The van der Waals surface area contributed by atoms with Gasteiger partial charge in [0.15, 0.2) is 0 Å². The number of hydrogen-bond donors (Lipinski definition) is 0.